The molecular weight excluding hydrogens is 480 g/mol. The van der Waals surface area contributed by atoms with E-state index in [0.29, 0.717) is 51.5 Å². The Hall–Kier alpha value is -4.55. The minimum absolute atomic E-state index is 0.0441. The number of rotatable bonds is 5. The van der Waals surface area contributed by atoms with Crippen molar-refractivity contribution in [3.63, 3.8) is 0 Å². The molecule has 190 valence electrons. The number of fused-ring (bicyclic) bond motifs is 2. The zero-order valence-electron chi connectivity index (χ0n) is 21.3. The first-order valence-electron chi connectivity index (χ1n) is 12.5. The lowest BCUT2D eigenvalue weighted by Gasteiger charge is -2.12. The zero-order valence-corrected chi connectivity index (χ0v) is 21.3. The topological polar surface area (TPSA) is 106 Å². The summed E-state index contributed by atoms with van der Waals surface area (Å²) in [5.74, 6) is 9.70. The Morgan fingerprint density at radius 2 is 1.89 bits per heavy atom. The van der Waals surface area contributed by atoms with Crippen LogP contribution in [0.3, 0.4) is 0 Å². The number of aromatic nitrogens is 3. The van der Waals surface area contributed by atoms with E-state index in [-0.39, 0.29) is 5.69 Å². The molecule has 0 radical (unpaired) electrons. The molecule has 4 aromatic rings. The predicted octanol–water partition coefficient (Wildman–Crippen LogP) is 5.24. The SMILES string of the molecule is Cc1ccc(Oc2ccc(Nc3ncnc4cc(C#C[C@H]5[C@H]6CN(C)C[C@@H]56)c([N+](=O)[O-])cc34)cc2C)cn1. The lowest BCUT2D eigenvalue weighted by Crippen LogP contribution is -2.18. The number of hydrogen-bond acceptors (Lipinski definition) is 8. The van der Waals surface area contributed by atoms with Gasteiger partial charge < -0.3 is 15.0 Å². The number of nitrogens with zero attached hydrogens (tertiary/aromatic N) is 5. The summed E-state index contributed by atoms with van der Waals surface area (Å²) in [5.41, 5.74) is 3.54. The lowest BCUT2D eigenvalue weighted by atomic mass is 10.1. The molecule has 1 saturated carbocycles. The highest BCUT2D eigenvalue weighted by atomic mass is 16.6. The van der Waals surface area contributed by atoms with Gasteiger partial charge in [-0.2, -0.15) is 0 Å². The molecule has 0 spiro atoms. The van der Waals surface area contributed by atoms with Gasteiger partial charge in [0.25, 0.3) is 5.69 Å². The third-order valence-corrected chi connectivity index (χ3v) is 7.25. The number of ether oxygens (including phenoxy) is 1. The number of pyridine rings is 1. The lowest BCUT2D eigenvalue weighted by molar-refractivity contribution is -0.385. The predicted molar refractivity (Wildman–Crippen MR) is 145 cm³/mol. The van der Waals surface area contributed by atoms with Gasteiger partial charge in [0.2, 0.25) is 0 Å². The van der Waals surface area contributed by atoms with E-state index in [1.165, 1.54) is 12.4 Å². The first-order valence-corrected chi connectivity index (χ1v) is 12.5. The van der Waals surface area contributed by atoms with Crippen molar-refractivity contribution in [2.75, 3.05) is 25.5 Å². The van der Waals surface area contributed by atoms with Crippen molar-refractivity contribution in [2.24, 2.45) is 17.8 Å². The van der Waals surface area contributed by atoms with Crippen molar-refractivity contribution in [3.8, 4) is 23.3 Å². The average molecular weight is 507 g/mol. The van der Waals surface area contributed by atoms with Gasteiger partial charge in [-0.05, 0) is 74.7 Å². The molecule has 9 heteroatoms. The summed E-state index contributed by atoms with van der Waals surface area (Å²) in [5, 5.41) is 15.8. The van der Waals surface area contributed by atoms with Crippen LogP contribution in [-0.2, 0) is 0 Å². The standard InChI is InChI=1S/C29H26N6O3/c1-17-10-20(6-9-28(17)38-21-7-4-18(2)30-13-21)33-29-23-12-27(35(36)37)19(11-26(23)31-16-32-29)5-8-22-24-14-34(3)15-25(22)24/h4,6-7,9-13,16,22,24-25H,14-15H2,1-3H3,(H,31,32,33)/t22-,24+,25-. The van der Waals surface area contributed by atoms with Crippen molar-refractivity contribution in [1.29, 1.82) is 0 Å². The van der Waals surface area contributed by atoms with Gasteiger partial charge in [0.1, 0.15) is 29.2 Å². The van der Waals surface area contributed by atoms with E-state index in [1.54, 1.807) is 12.3 Å². The minimum atomic E-state index is -0.391. The van der Waals surface area contributed by atoms with Crippen LogP contribution in [0.2, 0.25) is 0 Å². The molecule has 3 heterocycles. The van der Waals surface area contributed by atoms with Crippen LogP contribution in [-0.4, -0.2) is 44.9 Å². The zero-order chi connectivity index (χ0) is 26.4. The van der Waals surface area contributed by atoms with Gasteiger partial charge in [-0.1, -0.05) is 11.8 Å². The Kier molecular flexibility index (Phi) is 5.89. The Bertz CT molecular complexity index is 1610. The quantitative estimate of drug-likeness (QED) is 0.222. The van der Waals surface area contributed by atoms with Crippen LogP contribution in [0.1, 0.15) is 16.8 Å². The molecule has 6 rings (SSSR count). The van der Waals surface area contributed by atoms with E-state index in [2.05, 4.69) is 44.1 Å². The maximum atomic E-state index is 11.9. The van der Waals surface area contributed by atoms with E-state index in [4.69, 9.17) is 4.74 Å². The highest BCUT2D eigenvalue weighted by molar-refractivity contribution is 5.93. The minimum Gasteiger partial charge on any atom is -0.455 e. The molecular formula is C29H26N6O3. The van der Waals surface area contributed by atoms with E-state index < -0.39 is 4.92 Å². The van der Waals surface area contributed by atoms with E-state index in [9.17, 15) is 10.1 Å². The number of hydrogen-bond donors (Lipinski definition) is 1. The van der Waals surface area contributed by atoms with Crippen LogP contribution >= 0.6 is 0 Å². The second-order valence-electron chi connectivity index (χ2n) is 10.1. The van der Waals surface area contributed by atoms with Crippen molar-refractivity contribution in [3.05, 3.63) is 81.9 Å². The molecule has 0 bridgehead atoms. The summed E-state index contributed by atoms with van der Waals surface area (Å²) in [6.07, 6.45) is 3.14. The van der Waals surface area contributed by atoms with Crippen molar-refractivity contribution < 1.29 is 9.66 Å². The van der Waals surface area contributed by atoms with Crippen LogP contribution in [0, 0.1) is 53.6 Å². The van der Waals surface area contributed by atoms with Gasteiger partial charge in [-0.25, -0.2) is 9.97 Å². The largest absolute Gasteiger partial charge is 0.455 e. The normalized spacial score (nSPS) is 19.9. The molecule has 1 aliphatic carbocycles. The molecule has 1 aliphatic heterocycles. The Balaban J connectivity index is 1.26. The third kappa shape index (κ3) is 4.62. The summed E-state index contributed by atoms with van der Waals surface area (Å²) in [6, 6.07) is 12.6. The summed E-state index contributed by atoms with van der Waals surface area (Å²) < 4.78 is 5.96. The molecule has 2 fully saturated rings. The van der Waals surface area contributed by atoms with Crippen molar-refractivity contribution >= 4 is 28.1 Å². The average Bonchev–Trinajstić information content (AvgIpc) is 3.36. The van der Waals surface area contributed by atoms with Gasteiger partial charge in [0.05, 0.1) is 16.6 Å². The van der Waals surface area contributed by atoms with Crippen LogP contribution < -0.4 is 10.1 Å². The number of likely N-dealkylation sites (tertiary alicyclic amines) is 1. The number of nitrogens with one attached hydrogen (secondary N) is 1. The van der Waals surface area contributed by atoms with Gasteiger partial charge in [-0.3, -0.25) is 15.1 Å². The molecule has 2 aliphatic rings. The van der Waals surface area contributed by atoms with E-state index >= 15 is 0 Å². The maximum absolute atomic E-state index is 11.9. The van der Waals surface area contributed by atoms with E-state index in [1.807, 2.05) is 44.2 Å². The monoisotopic (exact) mass is 506 g/mol. The molecule has 1 N–H and O–H groups in total. The van der Waals surface area contributed by atoms with Gasteiger partial charge >= 0.3 is 0 Å². The number of aryl methyl sites for hydroxylation is 2. The smallest absolute Gasteiger partial charge is 0.285 e. The van der Waals surface area contributed by atoms with Crippen LogP contribution in [0.25, 0.3) is 10.9 Å². The van der Waals surface area contributed by atoms with Gasteiger partial charge in [-0.15, -0.1) is 0 Å². The summed E-state index contributed by atoms with van der Waals surface area (Å²) in [4.78, 5) is 26.8. The first kappa shape index (κ1) is 23.8. The number of nitro benzene ring substituents is 1. The molecule has 1 saturated heterocycles. The number of piperidine rings is 1. The van der Waals surface area contributed by atoms with Crippen molar-refractivity contribution in [2.45, 2.75) is 13.8 Å². The van der Waals surface area contributed by atoms with Gasteiger partial charge in [0.15, 0.2) is 0 Å². The fourth-order valence-corrected chi connectivity index (χ4v) is 5.17. The molecule has 3 atom stereocenters. The molecule has 9 nitrogen and oxygen atoms in total. The second kappa shape index (κ2) is 9.39. The van der Waals surface area contributed by atoms with Crippen molar-refractivity contribution in [1.82, 2.24) is 19.9 Å². The highest BCUT2D eigenvalue weighted by Gasteiger charge is 2.54. The first-order chi connectivity index (χ1) is 18.4. The highest BCUT2D eigenvalue weighted by Crippen LogP contribution is 2.50. The molecule has 2 aromatic heterocycles. The van der Waals surface area contributed by atoms with Crippen LogP contribution in [0.5, 0.6) is 11.5 Å². The Morgan fingerprint density at radius 3 is 2.61 bits per heavy atom. The fourth-order valence-electron chi connectivity index (χ4n) is 5.17. The Labute approximate surface area is 220 Å². The summed E-state index contributed by atoms with van der Waals surface area (Å²) in [6.45, 7) is 5.96. The third-order valence-electron chi connectivity index (χ3n) is 7.25. The summed E-state index contributed by atoms with van der Waals surface area (Å²) in [7, 11) is 2.11. The Morgan fingerprint density at radius 1 is 1.08 bits per heavy atom. The van der Waals surface area contributed by atoms with Gasteiger partial charge in [0, 0.05) is 41.8 Å². The molecule has 2 aromatic carbocycles. The summed E-state index contributed by atoms with van der Waals surface area (Å²) >= 11 is 0. The maximum Gasteiger partial charge on any atom is 0.285 e. The van der Waals surface area contributed by atoms with E-state index in [0.717, 1.165) is 30.0 Å². The number of benzene rings is 2. The van der Waals surface area contributed by atoms with Crippen LogP contribution in [0.15, 0.2) is 55.0 Å². The molecule has 38 heavy (non-hydrogen) atoms. The fraction of sp³-hybridized carbons (Fsp3) is 0.276. The number of anilines is 2. The van der Waals surface area contributed by atoms with Crippen LogP contribution in [0.4, 0.5) is 17.2 Å². The number of nitro groups is 1. The molecule has 0 amide bonds. The molecule has 0 unspecified atom stereocenters. The second-order valence-corrected chi connectivity index (χ2v) is 10.1.